The number of carboxylic acids is 1. The van der Waals surface area contributed by atoms with Crippen molar-refractivity contribution in [3.63, 3.8) is 0 Å². The second kappa shape index (κ2) is 7.32. The van der Waals surface area contributed by atoms with Gasteiger partial charge in [0.15, 0.2) is 0 Å². The van der Waals surface area contributed by atoms with Crippen LogP contribution in [0.25, 0.3) is 0 Å². The first kappa shape index (κ1) is 20.2. The Morgan fingerprint density at radius 1 is 0.806 bits per heavy atom. The summed E-state index contributed by atoms with van der Waals surface area (Å²) in [5, 5.41) is 11.9. The van der Waals surface area contributed by atoms with Crippen molar-refractivity contribution >= 4 is 29.6 Å². The zero-order valence-corrected chi connectivity index (χ0v) is 16.5. The molecule has 0 radical (unpaired) electrons. The van der Waals surface area contributed by atoms with E-state index in [1.54, 1.807) is 36.4 Å². The Kier molecular flexibility index (Phi) is 4.77. The third-order valence-corrected chi connectivity index (χ3v) is 5.58. The predicted molar refractivity (Wildman–Crippen MR) is 106 cm³/mol. The molecule has 2 aliphatic rings. The molecule has 0 N–H and O–H groups in total. The van der Waals surface area contributed by atoms with Crippen molar-refractivity contribution in [3.05, 3.63) is 82.9 Å². The Bertz CT molecular complexity index is 1110. The predicted octanol–water partition coefficient (Wildman–Crippen LogP) is 1.03. The van der Waals surface area contributed by atoms with E-state index in [1.165, 1.54) is 31.2 Å². The second-order valence-electron chi connectivity index (χ2n) is 7.49. The number of carbonyl (C=O) groups is 5. The van der Waals surface area contributed by atoms with Crippen molar-refractivity contribution in [2.45, 2.75) is 18.9 Å². The molecular formula is C23H17N2O6-. The molecule has 0 bridgehead atoms. The Morgan fingerprint density at radius 3 is 1.65 bits per heavy atom. The highest BCUT2D eigenvalue weighted by Gasteiger charge is 2.46. The molecule has 0 saturated carbocycles. The van der Waals surface area contributed by atoms with Crippen molar-refractivity contribution in [1.29, 1.82) is 0 Å². The molecule has 0 spiro atoms. The standard InChI is InChI=1S/C23H18N2O6/c1-23(22(30)31,25-20(28)16-10-4-5-11-17(16)21(25)29)12-6-7-13-24-18(26)14-8-2-3-9-15(14)19(24)27/h2-11H,12-13H2,1H3,(H,30,31)/p-1/b7-6+. The molecule has 1 unspecified atom stereocenters. The first-order chi connectivity index (χ1) is 14.8. The lowest BCUT2D eigenvalue weighted by Gasteiger charge is -2.37. The second-order valence-corrected chi connectivity index (χ2v) is 7.49. The van der Waals surface area contributed by atoms with Crippen LogP contribution >= 0.6 is 0 Å². The van der Waals surface area contributed by atoms with Crippen LogP contribution in [0.1, 0.15) is 54.8 Å². The molecule has 4 amide bonds. The minimum atomic E-state index is -1.94. The van der Waals surface area contributed by atoms with E-state index in [4.69, 9.17) is 0 Å². The van der Waals surface area contributed by atoms with Gasteiger partial charge in [0.05, 0.1) is 33.8 Å². The molecule has 0 saturated heterocycles. The Morgan fingerprint density at radius 2 is 1.23 bits per heavy atom. The Hall–Kier alpha value is -4.07. The summed E-state index contributed by atoms with van der Waals surface area (Å²) in [6, 6.07) is 12.6. The van der Waals surface area contributed by atoms with Crippen molar-refractivity contribution in [3.8, 4) is 0 Å². The molecular weight excluding hydrogens is 400 g/mol. The minimum absolute atomic E-state index is 0.0718. The molecule has 8 nitrogen and oxygen atoms in total. The van der Waals surface area contributed by atoms with Gasteiger partial charge in [0.1, 0.15) is 0 Å². The fourth-order valence-electron chi connectivity index (χ4n) is 3.80. The Labute approximate surface area is 177 Å². The molecule has 0 fully saturated rings. The fourth-order valence-corrected chi connectivity index (χ4v) is 3.80. The van der Waals surface area contributed by atoms with Crippen LogP contribution in [0.3, 0.4) is 0 Å². The van der Waals surface area contributed by atoms with Crippen LogP contribution in [0.4, 0.5) is 0 Å². The summed E-state index contributed by atoms with van der Waals surface area (Å²) >= 11 is 0. The third kappa shape index (κ3) is 3.04. The van der Waals surface area contributed by atoms with E-state index in [-0.39, 0.29) is 24.1 Å². The summed E-state index contributed by atoms with van der Waals surface area (Å²) in [5.41, 5.74) is -1.05. The van der Waals surface area contributed by atoms with Crippen molar-refractivity contribution < 1.29 is 29.1 Å². The smallest absolute Gasteiger partial charge is 0.262 e. The first-order valence-electron chi connectivity index (χ1n) is 9.57. The zero-order valence-electron chi connectivity index (χ0n) is 16.5. The van der Waals surface area contributed by atoms with Gasteiger partial charge in [-0.3, -0.25) is 29.0 Å². The summed E-state index contributed by atoms with van der Waals surface area (Å²) in [7, 11) is 0. The summed E-state index contributed by atoms with van der Waals surface area (Å²) in [6.07, 6.45) is 2.63. The quantitative estimate of drug-likeness (QED) is 0.512. The lowest BCUT2D eigenvalue weighted by molar-refractivity contribution is -0.316. The number of imide groups is 2. The number of amides is 4. The summed E-state index contributed by atoms with van der Waals surface area (Å²) < 4.78 is 0. The molecule has 2 aromatic carbocycles. The molecule has 31 heavy (non-hydrogen) atoms. The van der Waals surface area contributed by atoms with Crippen LogP contribution in [0.5, 0.6) is 0 Å². The molecule has 1 atom stereocenters. The topological polar surface area (TPSA) is 115 Å². The van der Waals surface area contributed by atoms with Gasteiger partial charge in [0.25, 0.3) is 23.6 Å². The third-order valence-electron chi connectivity index (χ3n) is 5.58. The lowest BCUT2D eigenvalue weighted by Crippen LogP contribution is -2.59. The average Bonchev–Trinajstić information content (AvgIpc) is 3.16. The minimum Gasteiger partial charge on any atom is -0.548 e. The number of hydrogen-bond donors (Lipinski definition) is 0. The molecule has 4 rings (SSSR count). The number of benzene rings is 2. The molecule has 8 heteroatoms. The van der Waals surface area contributed by atoms with Gasteiger partial charge in [0, 0.05) is 6.54 Å². The van der Waals surface area contributed by atoms with Gasteiger partial charge in [-0.1, -0.05) is 36.4 Å². The van der Waals surface area contributed by atoms with E-state index in [0.717, 1.165) is 4.90 Å². The number of nitrogens with zero attached hydrogens (tertiary/aromatic N) is 2. The molecule has 0 aromatic heterocycles. The summed E-state index contributed by atoms with van der Waals surface area (Å²) in [4.78, 5) is 63.9. The SMILES string of the molecule is CC(C/C=C/CN1C(=O)c2ccccc2C1=O)(C(=O)[O-])N1C(=O)c2ccccc2C1=O. The molecule has 0 aliphatic carbocycles. The number of carbonyl (C=O) groups excluding carboxylic acids is 5. The van der Waals surface area contributed by atoms with E-state index < -0.39 is 35.1 Å². The molecule has 2 aromatic rings. The van der Waals surface area contributed by atoms with Gasteiger partial charge in [0.2, 0.25) is 0 Å². The molecule has 2 heterocycles. The van der Waals surface area contributed by atoms with Gasteiger partial charge in [-0.05, 0) is 37.6 Å². The average molecular weight is 417 g/mol. The highest BCUT2D eigenvalue weighted by atomic mass is 16.4. The fraction of sp³-hybridized carbons (Fsp3) is 0.174. The van der Waals surface area contributed by atoms with Crippen molar-refractivity contribution in [1.82, 2.24) is 9.80 Å². The first-order valence-corrected chi connectivity index (χ1v) is 9.57. The summed E-state index contributed by atoms with van der Waals surface area (Å²) in [5.74, 6) is -3.88. The monoisotopic (exact) mass is 417 g/mol. The van der Waals surface area contributed by atoms with Gasteiger partial charge in [-0.25, -0.2) is 0 Å². The largest absolute Gasteiger partial charge is 0.548 e. The van der Waals surface area contributed by atoms with Gasteiger partial charge in [-0.2, -0.15) is 0 Å². The van der Waals surface area contributed by atoms with Crippen LogP contribution in [-0.4, -0.2) is 51.5 Å². The van der Waals surface area contributed by atoms with Gasteiger partial charge in [-0.15, -0.1) is 0 Å². The van der Waals surface area contributed by atoms with Crippen LogP contribution in [0, 0.1) is 0 Å². The normalized spacial score (nSPS) is 17.3. The number of hydrogen-bond acceptors (Lipinski definition) is 6. The van der Waals surface area contributed by atoms with Crippen molar-refractivity contribution in [2.24, 2.45) is 0 Å². The number of fused-ring (bicyclic) bond motifs is 2. The highest BCUT2D eigenvalue weighted by Crippen LogP contribution is 2.31. The zero-order chi connectivity index (χ0) is 22.3. The molecule has 156 valence electrons. The maximum absolute atomic E-state index is 12.7. The van der Waals surface area contributed by atoms with E-state index in [1.807, 2.05) is 0 Å². The Balaban J connectivity index is 1.51. The maximum Gasteiger partial charge on any atom is 0.262 e. The van der Waals surface area contributed by atoms with Crippen LogP contribution in [-0.2, 0) is 4.79 Å². The van der Waals surface area contributed by atoms with Crippen LogP contribution < -0.4 is 5.11 Å². The summed E-state index contributed by atoms with van der Waals surface area (Å²) in [6.45, 7) is 1.16. The highest BCUT2D eigenvalue weighted by molar-refractivity contribution is 6.23. The van der Waals surface area contributed by atoms with E-state index in [2.05, 4.69) is 0 Å². The maximum atomic E-state index is 12.7. The van der Waals surface area contributed by atoms with E-state index >= 15 is 0 Å². The van der Waals surface area contributed by atoms with E-state index in [0.29, 0.717) is 16.0 Å². The van der Waals surface area contributed by atoms with Gasteiger partial charge < -0.3 is 9.90 Å². The van der Waals surface area contributed by atoms with Gasteiger partial charge >= 0.3 is 0 Å². The van der Waals surface area contributed by atoms with Crippen molar-refractivity contribution in [2.75, 3.05) is 6.54 Å². The lowest BCUT2D eigenvalue weighted by atomic mass is 9.95. The molecule has 2 aliphatic heterocycles. The number of aliphatic carboxylic acids is 1. The number of carboxylic acid groups (broad SMARTS) is 1. The van der Waals surface area contributed by atoms with E-state index in [9.17, 15) is 29.1 Å². The van der Waals surface area contributed by atoms with Crippen LogP contribution in [0.2, 0.25) is 0 Å². The van der Waals surface area contributed by atoms with Crippen LogP contribution in [0.15, 0.2) is 60.7 Å². The number of rotatable bonds is 6.